The van der Waals surface area contributed by atoms with Gasteiger partial charge in [0.15, 0.2) is 6.73 Å². The number of rotatable bonds is 6. The van der Waals surface area contributed by atoms with Gasteiger partial charge in [0.05, 0.1) is 0 Å². The van der Waals surface area contributed by atoms with Crippen LogP contribution in [0.5, 0.6) is 0 Å². The number of hydrogen-bond donors (Lipinski definition) is 0. The molecule has 1 aliphatic rings. The van der Waals surface area contributed by atoms with E-state index >= 15 is 0 Å². The van der Waals surface area contributed by atoms with E-state index in [0.717, 1.165) is 10.5 Å². The second-order valence-corrected chi connectivity index (χ2v) is 6.34. The molecule has 1 aliphatic heterocycles. The lowest BCUT2D eigenvalue weighted by Gasteiger charge is -2.24. The third kappa shape index (κ3) is 5.03. The van der Waals surface area contributed by atoms with Crippen LogP contribution >= 0.6 is 0 Å². The molecule has 5 nitrogen and oxygen atoms in total. The van der Waals surface area contributed by atoms with Crippen molar-refractivity contribution in [3.63, 3.8) is 0 Å². The fourth-order valence-electron chi connectivity index (χ4n) is 2.87. The molecular formula is C20H19F2NO4. The lowest BCUT2D eigenvalue weighted by atomic mass is 10.0. The largest absolute Gasteiger partial charge is 0.444 e. The lowest BCUT2D eigenvalue weighted by Crippen LogP contribution is -2.42. The molecule has 3 rings (SSSR count). The average molecular weight is 375 g/mol. The van der Waals surface area contributed by atoms with Gasteiger partial charge in [0.2, 0.25) is 0 Å². The molecule has 0 N–H and O–H groups in total. The number of halogens is 2. The summed E-state index contributed by atoms with van der Waals surface area (Å²) < 4.78 is 38.8. The number of carbonyl (C=O) groups is 2. The van der Waals surface area contributed by atoms with Crippen molar-refractivity contribution in [2.75, 3.05) is 6.73 Å². The van der Waals surface area contributed by atoms with Gasteiger partial charge < -0.3 is 9.47 Å². The molecule has 0 unspecified atom stereocenters. The van der Waals surface area contributed by atoms with E-state index in [1.807, 2.05) is 6.07 Å². The van der Waals surface area contributed by atoms with Crippen LogP contribution < -0.4 is 0 Å². The number of carbonyl (C=O) groups excluding carboxylic acids is 2. The van der Waals surface area contributed by atoms with Crippen LogP contribution in [0.15, 0.2) is 60.7 Å². The third-order valence-corrected chi connectivity index (χ3v) is 4.23. The predicted molar refractivity (Wildman–Crippen MR) is 92.9 cm³/mol. The molecule has 2 aromatic rings. The number of hydrogen-bond acceptors (Lipinski definition) is 4. The molecule has 142 valence electrons. The lowest BCUT2D eigenvalue weighted by molar-refractivity contribution is -0.141. The first-order valence-electron chi connectivity index (χ1n) is 8.50. The summed E-state index contributed by atoms with van der Waals surface area (Å²) in [5.74, 6) is -4.02. The molecule has 1 fully saturated rings. The van der Waals surface area contributed by atoms with Crippen LogP contribution in [-0.2, 0) is 27.3 Å². The van der Waals surface area contributed by atoms with Crippen LogP contribution in [0.2, 0.25) is 0 Å². The number of amides is 1. The van der Waals surface area contributed by atoms with Gasteiger partial charge in [0.1, 0.15) is 12.6 Å². The quantitative estimate of drug-likeness (QED) is 0.721. The van der Waals surface area contributed by atoms with Crippen molar-refractivity contribution in [2.45, 2.75) is 31.4 Å². The Bertz CT molecular complexity index is 783. The Kier molecular flexibility index (Phi) is 5.69. The molecule has 0 aromatic heterocycles. The van der Waals surface area contributed by atoms with E-state index in [1.165, 1.54) is 0 Å². The van der Waals surface area contributed by atoms with Crippen molar-refractivity contribution in [2.24, 2.45) is 0 Å². The Hall–Kier alpha value is -2.96. The van der Waals surface area contributed by atoms with Crippen molar-refractivity contribution < 1.29 is 27.8 Å². The zero-order chi connectivity index (χ0) is 19.3. The second kappa shape index (κ2) is 8.16. The number of nitrogens with zero attached hydrogens (tertiary/aromatic N) is 1. The van der Waals surface area contributed by atoms with Crippen molar-refractivity contribution in [1.29, 1.82) is 0 Å². The smallest absolute Gasteiger partial charge is 0.413 e. The van der Waals surface area contributed by atoms with Crippen molar-refractivity contribution in [3.05, 3.63) is 71.8 Å². The van der Waals surface area contributed by atoms with Gasteiger partial charge in [-0.05, 0) is 11.1 Å². The van der Waals surface area contributed by atoms with E-state index in [4.69, 9.17) is 9.47 Å². The van der Waals surface area contributed by atoms with E-state index in [-0.39, 0.29) is 6.61 Å². The van der Waals surface area contributed by atoms with E-state index in [2.05, 4.69) is 0 Å². The minimum atomic E-state index is -3.17. The maximum Gasteiger partial charge on any atom is 0.413 e. The van der Waals surface area contributed by atoms with Crippen LogP contribution in [-0.4, -0.2) is 35.7 Å². The topological polar surface area (TPSA) is 55.8 Å². The minimum Gasteiger partial charge on any atom is -0.444 e. The standard InChI is InChI=1S/C20H19F2NO4/c21-20(22,11-15-7-3-1-4-8-15)12-17-18(24)27-14-23(17)19(25)26-13-16-9-5-2-6-10-16/h1-10,17H,11-14H2/t17-/m0/s1. The number of esters is 1. The second-order valence-electron chi connectivity index (χ2n) is 6.34. The Balaban J connectivity index is 1.62. The summed E-state index contributed by atoms with van der Waals surface area (Å²) >= 11 is 0. The number of ether oxygens (including phenoxy) is 2. The first-order chi connectivity index (χ1) is 12.9. The summed E-state index contributed by atoms with van der Waals surface area (Å²) in [6.07, 6.45) is -2.20. The maximum absolute atomic E-state index is 14.4. The van der Waals surface area contributed by atoms with Crippen LogP contribution in [0.25, 0.3) is 0 Å². The summed E-state index contributed by atoms with van der Waals surface area (Å²) in [6, 6.07) is 15.8. The fourth-order valence-corrected chi connectivity index (χ4v) is 2.87. The molecule has 0 radical (unpaired) electrons. The van der Waals surface area contributed by atoms with Gasteiger partial charge >= 0.3 is 12.1 Å². The van der Waals surface area contributed by atoms with E-state index in [1.54, 1.807) is 54.6 Å². The number of alkyl halides is 2. The Morgan fingerprint density at radius 2 is 1.67 bits per heavy atom. The summed E-state index contributed by atoms with van der Waals surface area (Å²) in [5.41, 5.74) is 1.20. The molecule has 1 saturated heterocycles. The first kappa shape index (κ1) is 18.8. The van der Waals surface area contributed by atoms with Gasteiger partial charge in [-0.3, -0.25) is 4.90 Å². The zero-order valence-corrected chi connectivity index (χ0v) is 14.5. The monoisotopic (exact) mass is 375 g/mol. The summed E-state index contributed by atoms with van der Waals surface area (Å²) in [5, 5.41) is 0. The molecule has 0 aliphatic carbocycles. The minimum absolute atomic E-state index is 0.0164. The van der Waals surface area contributed by atoms with Gasteiger partial charge in [-0.15, -0.1) is 0 Å². The molecule has 2 aromatic carbocycles. The van der Waals surface area contributed by atoms with Gasteiger partial charge in [-0.25, -0.2) is 18.4 Å². The summed E-state index contributed by atoms with van der Waals surface area (Å²) in [7, 11) is 0. The third-order valence-electron chi connectivity index (χ3n) is 4.23. The molecular weight excluding hydrogens is 356 g/mol. The van der Waals surface area contributed by atoms with Crippen molar-refractivity contribution in [3.8, 4) is 0 Å². The molecule has 27 heavy (non-hydrogen) atoms. The fraction of sp³-hybridized carbons (Fsp3) is 0.300. The highest BCUT2D eigenvalue weighted by molar-refractivity contribution is 5.83. The van der Waals surface area contributed by atoms with Crippen LogP contribution in [0, 0.1) is 0 Å². The Morgan fingerprint density at radius 1 is 1.07 bits per heavy atom. The highest BCUT2D eigenvalue weighted by Gasteiger charge is 2.45. The molecule has 0 spiro atoms. The Labute approximate surface area is 155 Å². The van der Waals surface area contributed by atoms with Gasteiger partial charge in [0, 0.05) is 12.8 Å². The predicted octanol–water partition coefficient (Wildman–Crippen LogP) is 3.78. The molecule has 0 saturated carbocycles. The number of cyclic esters (lactones) is 1. The maximum atomic E-state index is 14.4. The number of benzene rings is 2. The van der Waals surface area contributed by atoms with Crippen LogP contribution in [0.4, 0.5) is 13.6 Å². The molecule has 0 bridgehead atoms. The van der Waals surface area contributed by atoms with E-state index in [0.29, 0.717) is 5.56 Å². The van der Waals surface area contributed by atoms with E-state index < -0.39 is 43.6 Å². The van der Waals surface area contributed by atoms with Gasteiger partial charge in [0.25, 0.3) is 5.92 Å². The Morgan fingerprint density at radius 3 is 2.30 bits per heavy atom. The summed E-state index contributed by atoms with van der Waals surface area (Å²) in [6.45, 7) is -0.407. The highest BCUT2D eigenvalue weighted by Crippen LogP contribution is 2.30. The van der Waals surface area contributed by atoms with Crippen LogP contribution in [0.1, 0.15) is 17.5 Å². The van der Waals surface area contributed by atoms with Gasteiger partial charge in [-0.2, -0.15) is 0 Å². The normalized spacial score (nSPS) is 16.9. The average Bonchev–Trinajstić information content (AvgIpc) is 3.01. The van der Waals surface area contributed by atoms with Crippen molar-refractivity contribution in [1.82, 2.24) is 4.90 Å². The summed E-state index contributed by atoms with van der Waals surface area (Å²) in [4.78, 5) is 25.0. The molecule has 1 amide bonds. The molecule has 1 atom stereocenters. The first-order valence-corrected chi connectivity index (χ1v) is 8.50. The SMILES string of the molecule is O=C1OCN(C(=O)OCc2ccccc2)[C@H]1CC(F)(F)Cc1ccccc1. The zero-order valence-electron chi connectivity index (χ0n) is 14.5. The van der Waals surface area contributed by atoms with E-state index in [9.17, 15) is 18.4 Å². The van der Waals surface area contributed by atoms with Gasteiger partial charge in [-0.1, -0.05) is 60.7 Å². The molecule has 7 heteroatoms. The van der Waals surface area contributed by atoms with Crippen molar-refractivity contribution >= 4 is 12.1 Å². The molecule has 1 heterocycles. The van der Waals surface area contributed by atoms with Crippen LogP contribution in [0.3, 0.4) is 0 Å². The highest BCUT2D eigenvalue weighted by atomic mass is 19.3.